The van der Waals surface area contributed by atoms with Gasteiger partial charge in [0, 0.05) is 37.3 Å². The molecule has 1 saturated heterocycles. The lowest BCUT2D eigenvalue weighted by Crippen LogP contribution is -2.64. The van der Waals surface area contributed by atoms with Gasteiger partial charge in [0.2, 0.25) is 12.4 Å². The van der Waals surface area contributed by atoms with E-state index in [1.54, 1.807) is 35.8 Å². The lowest BCUT2D eigenvalue weighted by Gasteiger charge is -2.43. The van der Waals surface area contributed by atoms with Crippen molar-refractivity contribution in [2.75, 3.05) is 7.11 Å². The molecule has 0 bridgehead atoms. The molecule has 5 heterocycles. The number of aromatic nitrogens is 2. The number of nitrogens with zero attached hydrogens (tertiary/aromatic N) is 2. The van der Waals surface area contributed by atoms with Gasteiger partial charge in [-0.05, 0) is 42.7 Å². The number of hydrogen-bond donors (Lipinski definition) is 1. The number of benzene rings is 1. The first-order valence-corrected chi connectivity index (χ1v) is 16.3. The first kappa shape index (κ1) is 35.5. The van der Waals surface area contributed by atoms with Crippen LogP contribution in [0.3, 0.4) is 0 Å². The van der Waals surface area contributed by atoms with E-state index in [1.165, 1.54) is 0 Å². The van der Waals surface area contributed by atoms with Crippen molar-refractivity contribution in [3.05, 3.63) is 56.9 Å². The summed E-state index contributed by atoms with van der Waals surface area (Å²) < 4.78 is 39.9. The second-order valence-corrected chi connectivity index (χ2v) is 12.3. The lowest BCUT2D eigenvalue weighted by atomic mass is 9.86. The van der Waals surface area contributed by atoms with E-state index >= 15 is 0 Å². The van der Waals surface area contributed by atoms with Gasteiger partial charge in [-0.1, -0.05) is 13.8 Å². The van der Waals surface area contributed by atoms with Crippen LogP contribution in [0.5, 0.6) is 5.75 Å². The normalized spacial score (nSPS) is 24.8. The molecule has 0 aliphatic carbocycles. The quantitative estimate of drug-likeness (QED) is 0.204. The summed E-state index contributed by atoms with van der Waals surface area (Å²) >= 11 is 0. The fourth-order valence-corrected chi connectivity index (χ4v) is 6.93. The van der Waals surface area contributed by atoms with Gasteiger partial charge < -0.3 is 42.8 Å². The zero-order chi connectivity index (χ0) is 36.9. The van der Waals surface area contributed by atoms with Crippen LogP contribution in [-0.4, -0.2) is 82.3 Å². The molecule has 1 N–H and O–H groups in total. The molecule has 3 aliphatic heterocycles. The molecular weight excluding hydrogens is 672 g/mol. The van der Waals surface area contributed by atoms with E-state index in [0.29, 0.717) is 28.7 Å². The number of carbonyl (C=O) groups excluding carboxylic acids is 5. The molecule has 270 valence electrons. The first-order valence-electron chi connectivity index (χ1n) is 16.3. The van der Waals surface area contributed by atoms with Crippen molar-refractivity contribution in [2.45, 2.75) is 96.9 Å². The molecule has 51 heavy (non-hydrogen) atoms. The van der Waals surface area contributed by atoms with Crippen molar-refractivity contribution in [1.29, 1.82) is 0 Å². The average molecular weight is 709 g/mol. The SMILES string of the molecule is CCc1c2c(nc3ccc(OC4OC(C(=O)OC)C(OC(C)=O)C(OC(C)=O)C4OC(C)=O)cc13)-c1cc3c(c(=O)n1C2)COC(=O)[C@@]3(O)CC. The van der Waals surface area contributed by atoms with Gasteiger partial charge in [0.05, 0.1) is 36.1 Å². The van der Waals surface area contributed by atoms with Crippen molar-refractivity contribution in [2.24, 2.45) is 0 Å². The maximum absolute atomic E-state index is 13.7. The number of methoxy groups -OCH3 is 1. The average Bonchev–Trinajstić information content (AvgIpc) is 3.45. The summed E-state index contributed by atoms with van der Waals surface area (Å²) in [6, 6.07) is 6.52. The molecule has 6 rings (SSSR count). The maximum Gasteiger partial charge on any atom is 0.343 e. The minimum Gasteiger partial charge on any atom is -0.467 e. The third-order valence-corrected chi connectivity index (χ3v) is 9.22. The Hall–Kier alpha value is -5.35. The van der Waals surface area contributed by atoms with Crippen LogP contribution >= 0.6 is 0 Å². The minimum atomic E-state index is -1.97. The largest absolute Gasteiger partial charge is 0.467 e. The van der Waals surface area contributed by atoms with Crippen molar-refractivity contribution < 1.29 is 62.2 Å². The van der Waals surface area contributed by atoms with Crippen molar-refractivity contribution in [3.8, 4) is 17.1 Å². The second-order valence-electron chi connectivity index (χ2n) is 12.3. The monoisotopic (exact) mass is 708 g/mol. The fourth-order valence-electron chi connectivity index (χ4n) is 6.93. The van der Waals surface area contributed by atoms with Crippen LogP contribution < -0.4 is 10.3 Å². The summed E-state index contributed by atoms with van der Waals surface area (Å²) in [7, 11) is 1.09. The number of esters is 5. The number of carbonyl (C=O) groups is 5. The number of ether oxygens (including phenoxy) is 7. The molecule has 0 radical (unpaired) electrons. The van der Waals surface area contributed by atoms with E-state index in [4.69, 9.17) is 38.1 Å². The lowest BCUT2D eigenvalue weighted by molar-refractivity contribution is -0.282. The van der Waals surface area contributed by atoms with Crippen LogP contribution in [0.4, 0.5) is 0 Å². The molecule has 6 atom stereocenters. The van der Waals surface area contributed by atoms with Gasteiger partial charge in [-0.15, -0.1) is 0 Å². The van der Waals surface area contributed by atoms with Gasteiger partial charge >= 0.3 is 29.8 Å². The number of fused-ring (bicyclic) bond motifs is 5. The molecule has 3 aliphatic rings. The van der Waals surface area contributed by atoms with E-state index < -0.39 is 71.7 Å². The molecule has 16 nitrogen and oxygen atoms in total. The van der Waals surface area contributed by atoms with E-state index in [2.05, 4.69) is 0 Å². The number of aliphatic hydroxyl groups is 1. The number of cyclic esters (lactones) is 1. The Morgan fingerprint density at radius 3 is 2.25 bits per heavy atom. The summed E-state index contributed by atoms with van der Waals surface area (Å²) in [5, 5.41) is 11.9. The Labute approximate surface area is 290 Å². The van der Waals surface area contributed by atoms with Gasteiger partial charge in [0.15, 0.2) is 23.9 Å². The van der Waals surface area contributed by atoms with Gasteiger partial charge in [-0.25, -0.2) is 14.6 Å². The summed E-state index contributed by atoms with van der Waals surface area (Å²) in [6.45, 7) is 6.77. The Bertz CT molecular complexity index is 2040. The van der Waals surface area contributed by atoms with Crippen molar-refractivity contribution in [3.63, 3.8) is 0 Å². The summed E-state index contributed by atoms with van der Waals surface area (Å²) in [6.07, 6.45) is -7.25. The van der Waals surface area contributed by atoms with Gasteiger partial charge in [-0.2, -0.15) is 0 Å². The Kier molecular flexibility index (Phi) is 9.33. The predicted molar refractivity (Wildman–Crippen MR) is 172 cm³/mol. The highest BCUT2D eigenvalue weighted by molar-refractivity contribution is 5.90. The van der Waals surface area contributed by atoms with Crippen molar-refractivity contribution >= 4 is 40.7 Å². The highest BCUT2D eigenvalue weighted by atomic mass is 16.7. The molecule has 3 aromatic rings. The van der Waals surface area contributed by atoms with E-state index in [9.17, 15) is 33.9 Å². The van der Waals surface area contributed by atoms with Crippen LogP contribution in [0.2, 0.25) is 0 Å². The Morgan fingerprint density at radius 1 is 0.961 bits per heavy atom. The van der Waals surface area contributed by atoms with Gasteiger partial charge in [0.1, 0.15) is 12.4 Å². The maximum atomic E-state index is 13.7. The summed E-state index contributed by atoms with van der Waals surface area (Å²) in [5.74, 6) is -4.05. The zero-order valence-corrected chi connectivity index (χ0v) is 28.7. The van der Waals surface area contributed by atoms with E-state index in [-0.39, 0.29) is 36.4 Å². The molecule has 0 saturated carbocycles. The zero-order valence-electron chi connectivity index (χ0n) is 28.7. The van der Waals surface area contributed by atoms with Crippen LogP contribution in [0, 0.1) is 0 Å². The third-order valence-electron chi connectivity index (χ3n) is 9.22. The molecule has 5 unspecified atom stereocenters. The highest BCUT2D eigenvalue weighted by Crippen LogP contribution is 2.41. The highest BCUT2D eigenvalue weighted by Gasteiger charge is 2.56. The van der Waals surface area contributed by atoms with Crippen LogP contribution in [0.1, 0.15) is 63.3 Å². The standard InChI is InChI=1S/C35H36N2O14/c1-7-19-20-11-18(50-33-30(49-17(5)40)28(48-16(4)39)27(47-15(3)38)29(51-33)32(42)45-6)9-10-24(20)36-26-21(19)13-37-25(26)12-23-22(31(37)41)14-46-34(43)35(23,44)8-2/h9-12,27-30,33,44H,7-8,13-14H2,1-6H3/t27?,28?,29?,30?,33?,35-/m1/s1. The Balaban J connectivity index is 1.42. The first-order chi connectivity index (χ1) is 24.2. The smallest absolute Gasteiger partial charge is 0.343 e. The topological polar surface area (TPSA) is 205 Å². The number of hydrogen-bond acceptors (Lipinski definition) is 15. The fraction of sp³-hybridized carbons (Fsp3) is 0.457. The predicted octanol–water partition coefficient (Wildman–Crippen LogP) is 1.71. The molecule has 16 heteroatoms. The van der Waals surface area contributed by atoms with E-state index in [0.717, 1.165) is 39.0 Å². The summed E-state index contributed by atoms with van der Waals surface area (Å²) in [5.41, 5.74) is 1.16. The minimum absolute atomic E-state index is 0.0121. The summed E-state index contributed by atoms with van der Waals surface area (Å²) in [4.78, 5) is 80.4. The van der Waals surface area contributed by atoms with Gasteiger partial charge in [0.25, 0.3) is 5.56 Å². The molecule has 1 aromatic carbocycles. The number of rotatable bonds is 8. The molecular formula is C35H36N2O14. The van der Waals surface area contributed by atoms with Crippen LogP contribution in [0.25, 0.3) is 22.3 Å². The second kappa shape index (κ2) is 13.4. The Morgan fingerprint density at radius 2 is 1.63 bits per heavy atom. The third kappa shape index (κ3) is 6.07. The van der Waals surface area contributed by atoms with Crippen LogP contribution in [-0.2, 0) is 77.6 Å². The molecule has 0 spiro atoms. The van der Waals surface area contributed by atoms with Crippen LogP contribution in [0.15, 0.2) is 29.1 Å². The molecule has 1 fully saturated rings. The molecule has 0 amide bonds. The number of aryl methyl sites for hydroxylation is 1. The molecule has 2 aromatic heterocycles. The van der Waals surface area contributed by atoms with Gasteiger partial charge in [-0.3, -0.25) is 19.2 Å². The van der Waals surface area contributed by atoms with Crippen molar-refractivity contribution in [1.82, 2.24) is 9.55 Å². The van der Waals surface area contributed by atoms with E-state index in [1.807, 2.05) is 6.92 Å². The number of pyridine rings is 2.